The van der Waals surface area contributed by atoms with E-state index in [4.69, 9.17) is 0 Å². The van der Waals surface area contributed by atoms with Gasteiger partial charge in [-0.2, -0.15) is 0 Å². The normalized spacial score (nSPS) is 26.9. The molecule has 21 heavy (non-hydrogen) atoms. The zero-order valence-corrected chi connectivity index (χ0v) is 13.7. The lowest BCUT2D eigenvalue weighted by molar-refractivity contribution is 0.101. The van der Waals surface area contributed by atoms with Crippen LogP contribution in [0, 0.1) is 5.92 Å². The van der Waals surface area contributed by atoms with E-state index < -0.39 is 9.84 Å². The van der Waals surface area contributed by atoms with Gasteiger partial charge in [0, 0.05) is 31.4 Å². The van der Waals surface area contributed by atoms with Crippen molar-refractivity contribution in [3.63, 3.8) is 0 Å². The first-order chi connectivity index (χ1) is 9.96. The van der Waals surface area contributed by atoms with Crippen molar-refractivity contribution in [2.24, 2.45) is 5.92 Å². The SMILES string of the molecule is CC(C)n1cncc1CN1CCS(=O)(=O)C[C@H]1C1CCC1. The van der Waals surface area contributed by atoms with Crippen LogP contribution in [0.3, 0.4) is 0 Å². The molecule has 0 amide bonds. The van der Waals surface area contributed by atoms with E-state index in [2.05, 4.69) is 28.3 Å². The second-order valence-electron chi connectivity index (χ2n) is 6.73. The topological polar surface area (TPSA) is 55.2 Å². The van der Waals surface area contributed by atoms with Gasteiger partial charge < -0.3 is 4.57 Å². The lowest BCUT2D eigenvalue weighted by Crippen LogP contribution is -2.53. The summed E-state index contributed by atoms with van der Waals surface area (Å²) in [4.78, 5) is 6.64. The first-order valence-corrected chi connectivity index (χ1v) is 9.73. The number of aromatic nitrogens is 2. The van der Waals surface area contributed by atoms with Crippen LogP contribution < -0.4 is 0 Å². The molecule has 0 radical (unpaired) electrons. The van der Waals surface area contributed by atoms with E-state index in [-0.39, 0.29) is 6.04 Å². The molecule has 1 aromatic heterocycles. The van der Waals surface area contributed by atoms with Gasteiger partial charge in [0.15, 0.2) is 9.84 Å². The summed E-state index contributed by atoms with van der Waals surface area (Å²) < 4.78 is 26.2. The summed E-state index contributed by atoms with van der Waals surface area (Å²) in [6.45, 7) is 5.77. The fourth-order valence-electron chi connectivity index (χ4n) is 3.45. The van der Waals surface area contributed by atoms with Crippen LogP contribution in [-0.4, -0.2) is 47.0 Å². The largest absolute Gasteiger partial charge is 0.331 e. The Kier molecular flexibility index (Phi) is 4.10. The molecule has 2 fully saturated rings. The first-order valence-electron chi connectivity index (χ1n) is 7.91. The summed E-state index contributed by atoms with van der Waals surface area (Å²) in [6.07, 6.45) is 7.40. The van der Waals surface area contributed by atoms with E-state index >= 15 is 0 Å². The average molecular weight is 311 g/mol. The van der Waals surface area contributed by atoms with E-state index in [9.17, 15) is 8.42 Å². The molecule has 1 atom stereocenters. The quantitative estimate of drug-likeness (QED) is 0.852. The number of hydrogen-bond donors (Lipinski definition) is 0. The maximum atomic E-state index is 12.0. The Morgan fingerprint density at radius 3 is 2.76 bits per heavy atom. The van der Waals surface area contributed by atoms with Gasteiger partial charge in [-0.1, -0.05) is 6.42 Å². The fraction of sp³-hybridized carbons (Fsp3) is 0.800. The average Bonchev–Trinajstić information content (AvgIpc) is 2.78. The molecule has 3 rings (SSSR count). The fourth-order valence-corrected chi connectivity index (χ4v) is 5.14. The monoisotopic (exact) mass is 311 g/mol. The van der Waals surface area contributed by atoms with Crippen molar-refractivity contribution in [3.8, 4) is 0 Å². The molecule has 0 spiro atoms. The molecule has 6 heteroatoms. The summed E-state index contributed by atoms with van der Waals surface area (Å²) in [5.74, 6) is 1.20. The predicted molar refractivity (Wildman–Crippen MR) is 82.8 cm³/mol. The van der Waals surface area contributed by atoms with Crippen LogP contribution in [0.5, 0.6) is 0 Å². The van der Waals surface area contributed by atoms with Crippen molar-refractivity contribution in [3.05, 3.63) is 18.2 Å². The first kappa shape index (κ1) is 15.0. The Morgan fingerprint density at radius 2 is 2.14 bits per heavy atom. The lowest BCUT2D eigenvalue weighted by Gasteiger charge is -2.43. The van der Waals surface area contributed by atoms with Crippen LogP contribution in [0.15, 0.2) is 12.5 Å². The molecule has 118 valence electrons. The van der Waals surface area contributed by atoms with Crippen LogP contribution in [0.2, 0.25) is 0 Å². The zero-order valence-electron chi connectivity index (χ0n) is 12.9. The second-order valence-corrected chi connectivity index (χ2v) is 8.96. The molecule has 1 saturated heterocycles. The Morgan fingerprint density at radius 1 is 1.38 bits per heavy atom. The van der Waals surface area contributed by atoms with Crippen molar-refractivity contribution in [2.45, 2.75) is 51.7 Å². The summed E-state index contributed by atoms with van der Waals surface area (Å²) >= 11 is 0. The van der Waals surface area contributed by atoms with E-state index in [0.29, 0.717) is 30.0 Å². The van der Waals surface area contributed by atoms with Crippen molar-refractivity contribution >= 4 is 9.84 Å². The van der Waals surface area contributed by atoms with E-state index in [0.717, 1.165) is 6.54 Å². The molecule has 2 heterocycles. The van der Waals surface area contributed by atoms with Gasteiger partial charge in [0.1, 0.15) is 0 Å². The molecule has 0 unspecified atom stereocenters. The van der Waals surface area contributed by atoms with Gasteiger partial charge in [-0.3, -0.25) is 4.90 Å². The summed E-state index contributed by atoms with van der Waals surface area (Å²) in [5, 5.41) is 0. The predicted octanol–water partition coefficient (Wildman–Crippen LogP) is 1.86. The van der Waals surface area contributed by atoms with Crippen molar-refractivity contribution in [1.82, 2.24) is 14.5 Å². The Balaban J connectivity index is 1.77. The van der Waals surface area contributed by atoms with E-state index in [1.54, 1.807) is 0 Å². The highest BCUT2D eigenvalue weighted by Gasteiger charge is 2.38. The molecule has 1 aliphatic heterocycles. The molecular formula is C15H25N3O2S. The number of rotatable bonds is 4. The van der Waals surface area contributed by atoms with Crippen LogP contribution in [0.1, 0.15) is 44.8 Å². The minimum atomic E-state index is -2.86. The number of sulfone groups is 1. The molecule has 2 aliphatic rings. The molecule has 0 bridgehead atoms. The van der Waals surface area contributed by atoms with Crippen molar-refractivity contribution in [2.75, 3.05) is 18.1 Å². The van der Waals surface area contributed by atoms with Gasteiger partial charge in [-0.15, -0.1) is 0 Å². The van der Waals surface area contributed by atoms with Crippen molar-refractivity contribution in [1.29, 1.82) is 0 Å². The summed E-state index contributed by atoms with van der Waals surface area (Å²) in [5.41, 5.74) is 1.19. The highest BCUT2D eigenvalue weighted by molar-refractivity contribution is 7.91. The van der Waals surface area contributed by atoms with Crippen LogP contribution in [0.4, 0.5) is 0 Å². The van der Waals surface area contributed by atoms with Gasteiger partial charge in [0.2, 0.25) is 0 Å². The Hall–Kier alpha value is -0.880. The summed E-state index contributed by atoms with van der Waals surface area (Å²) in [6, 6.07) is 0.589. The molecule has 1 saturated carbocycles. The van der Waals surface area contributed by atoms with Gasteiger partial charge in [0.25, 0.3) is 0 Å². The molecule has 0 aromatic carbocycles. The highest BCUT2D eigenvalue weighted by Crippen LogP contribution is 2.35. The van der Waals surface area contributed by atoms with Gasteiger partial charge in [-0.25, -0.2) is 13.4 Å². The second kappa shape index (κ2) is 5.72. The maximum Gasteiger partial charge on any atom is 0.153 e. The molecule has 1 aromatic rings. The summed E-state index contributed by atoms with van der Waals surface area (Å²) in [7, 11) is -2.86. The third kappa shape index (κ3) is 3.16. The minimum absolute atomic E-state index is 0.202. The zero-order chi connectivity index (χ0) is 15.0. The van der Waals surface area contributed by atoms with Gasteiger partial charge in [0.05, 0.1) is 23.5 Å². The van der Waals surface area contributed by atoms with E-state index in [1.165, 1.54) is 25.0 Å². The third-order valence-electron chi connectivity index (χ3n) is 4.94. The van der Waals surface area contributed by atoms with Crippen LogP contribution in [0.25, 0.3) is 0 Å². The number of imidazole rings is 1. The van der Waals surface area contributed by atoms with Crippen LogP contribution >= 0.6 is 0 Å². The number of hydrogen-bond acceptors (Lipinski definition) is 4. The Labute approximate surface area is 127 Å². The lowest BCUT2D eigenvalue weighted by atomic mass is 9.79. The molecule has 0 N–H and O–H groups in total. The smallest absolute Gasteiger partial charge is 0.153 e. The standard InChI is InChI=1S/C15H25N3O2S/c1-12(2)18-11-16-8-14(18)9-17-6-7-21(19,20)10-15(17)13-4-3-5-13/h8,11-13,15H,3-7,9-10H2,1-2H3/t15-/m0/s1. The Bertz CT molecular complexity index is 590. The maximum absolute atomic E-state index is 12.0. The molecule has 1 aliphatic carbocycles. The number of nitrogens with zero attached hydrogens (tertiary/aromatic N) is 3. The van der Waals surface area contributed by atoms with Gasteiger partial charge in [-0.05, 0) is 32.6 Å². The minimum Gasteiger partial charge on any atom is -0.331 e. The van der Waals surface area contributed by atoms with Gasteiger partial charge >= 0.3 is 0 Å². The van der Waals surface area contributed by atoms with Crippen LogP contribution in [-0.2, 0) is 16.4 Å². The molecule has 5 nitrogen and oxygen atoms in total. The third-order valence-corrected chi connectivity index (χ3v) is 6.60. The van der Waals surface area contributed by atoms with E-state index in [1.807, 2.05) is 12.5 Å². The highest BCUT2D eigenvalue weighted by atomic mass is 32.2. The van der Waals surface area contributed by atoms with Crippen molar-refractivity contribution < 1.29 is 8.42 Å². The molecular weight excluding hydrogens is 286 g/mol.